The first-order valence-electron chi connectivity index (χ1n) is 10.5. The van der Waals surface area contributed by atoms with Gasteiger partial charge in [-0.25, -0.2) is 4.98 Å². The second-order valence-electron chi connectivity index (χ2n) is 8.15. The van der Waals surface area contributed by atoms with Crippen LogP contribution in [0.3, 0.4) is 0 Å². The van der Waals surface area contributed by atoms with Crippen molar-refractivity contribution in [2.45, 2.75) is 37.6 Å². The summed E-state index contributed by atoms with van der Waals surface area (Å²) in [5, 5.41) is 6.42. The maximum absolute atomic E-state index is 14.7. The van der Waals surface area contributed by atoms with Crippen molar-refractivity contribution in [3.05, 3.63) is 24.4 Å². The molecule has 164 valence electrons. The number of hydrogen-bond donors (Lipinski definition) is 2. The van der Waals surface area contributed by atoms with Crippen LogP contribution in [-0.2, 0) is 4.79 Å². The van der Waals surface area contributed by atoms with Crippen molar-refractivity contribution in [3.8, 4) is 5.75 Å². The van der Waals surface area contributed by atoms with Gasteiger partial charge < -0.3 is 25.2 Å². The minimum atomic E-state index is -3.49. The standard InChI is InChI=1S/C21H24F2N6O2/c1-28-16-11-25-20(26-13-6-7-17-15(10-13)24-8-9-31-17)27-18(16)29(14-4-2-3-5-14)12-21(22,23)19(28)30/h6-7,10-11,14,24H,2-5,8-9,12H2,1H3,(H,25,26,27). The van der Waals surface area contributed by atoms with E-state index in [1.807, 2.05) is 18.2 Å². The van der Waals surface area contributed by atoms with Crippen LogP contribution in [0.25, 0.3) is 0 Å². The van der Waals surface area contributed by atoms with Crippen molar-refractivity contribution < 1.29 is 18.3 Å². The van der Waals surface area contributed by atoms with Crippen molar-refractivity contribution in [2.75, 3.05) is 47.2 Å². The number of carbonyl (C=O) groups is 1. The van der Waals surface area contributed by atoms with Gasteiger partial charge in [-0.2, -0.15) is 13.8 Å². The molecule has 8 nitrogen and oxygen atoms in total. The summed E-state index contributed by atoms with van der Waals surface area (Å²) in [4.78, 5) is 23.8. The molecule has 3 aliphatic rings. The number of carbonyl (C=O) groups excluding carboxylic acids is 1. The Morgan fingerprint density at radius 3 is 2.90 bits per heavy atom. The van der Waals surface area contributed by atoms with Gasteiger partial charge in [0.15, 0.2) is 5.82 Å². The minimum Gasteiger partial charge on any atom is -0.490 e. The zero-order valence-electron chi connectivity index (χ0n) is 17.2. The Balaban J connectivity index is 1.50. The Labute approximate surface area is 178 Å². The van der Waals surface area contributed by atoms with Gasteiger partial charge in [0.05, 0.1) is 18.4 Å². The number of hydrogen-bond acceptors (Lipinski definition) is 7. The number of halogens is 2. The fraction of sp³-hybridized carbons (Fsp3) is 0.476. The van der Waals surface area contributed by atoms with E-state index in [1.165, 1.54) is 13.2 Å². The third kappa shape index (κ3) is 3.60. The lowest BCUT2D eigenvalue weighted by Crippen LogP contribution is -2.48. The van der Waals surface area contributed by atoms with E-state index in [-0.39, 0.29) is 12.0 Å². The topological polar surface area (TPSA) is 82.6 Å². The van der Waals surface area contributed by atoms with Crippen LogP contribution in [0.15, 0.2) is 24.4 Å². The SMILES string of the molecule is CN1C(=O)C(F)(F)CN(C2CCCC2)c2nc(Nc3ccc4c(c3)NCCO4)ncc21. The molecule has 2 aromatic rings. The van der Waals surface area contributed by atoms with Gasteiger partial charge in [-0.3, -0.25) is 4.79 Å². The molecule has 2 N–H and O–H groups in total. The highest BCUT2D eigenvalue weighted by Gasteiger charge is 2.48. The van der Waals surface area contributed by atoms with Crippen LogP contribution >= 0.6 is 0 Å². The molecule has 1 saturated carbocycles. The largest absolute Gasteiger partial charge is 0.490 e. The van der Waals surface area contributed by atoms with Crippen molar-refractivity contribution >= 4 is 34.7 Å². The zero-order valence-corrected chi connectivity index (χ0v) is 17.2. The average molecular weight is 430 g/mol. The number of anilines is 5. The van der Waals surface area contributed by atoms with Crippen molar-refractivity contribution in [3.63, 3.8) is 0 Å². The van der Waals surface area contributed by atoms with E-state index < -0.39 is 18.4 Å². The molecule has 2 aliphatic heterocycles. The lowest BCUT2D eigenvalue weighted by molar-refractivity contribution is -0.140. The predicted octanol–water partition coefficient (Wildman–Crippen LogP) is 3.39. The second-order valence-corrected chi connectivity index (χ2v) is 8.15. The van der Waals surface area contributed by atoms with Crippen molar-refractivity contribution in [1.29, 1.82) is 0 Å². The lowest BCUT2D eigenvalue weighted by Gasteiger charge is -2.31. The molecule has 1 aromatic heterocycles. The van der Waals surface area contributed by atoms with Crippen molar-refractivity contribution in [2.24, 2.45) is 0 Å². The summed E-state index contributed by atoms with van der Waals surface area (Å²) < 4.78 is 34.9. The third-order valence-electron chi connectivity index (χ3n) is 6.05. The molecule has 1 amide bonds. The number of fused-ring (bicyclic) bond motifs is 2. The van der Waals surface area contributed by atoms with Crippen LogP contribution in [0.2, 0.25) is 0 Å². The quantitative estimate of drug-likeness (QED) is 0.772. The third-order valence-corrected chi connectivity index (χ3v) is 6.05. The van der Waals surface area contributed by atoms with Crippen LogP contribution in [0.4, 0.5) is 37.6 Å². The summed E-state index contributed by atoms with van der Waals surface area (Å²) in [6, 6.07) is 5.52. The molecular formula is C21H24F2N6O2. The zero-order chi connectivity index (χ0) is 21.6. The summed E-state index contributed by atoms with van der Waals surface area (Å²) in [5.74, 6) is -3.31. The number of rotatable bonds is 3. The van der Waals surface area contributed by atoms with E-state index >= 15 is 0 Å². The molecule has 1 aliphatic carbocycles. The summed E-state index contributed by atoms with van der Waals surface area (Å²) in [7, 11) is 1.35. The average Bonchev–Trinajstić information content (AvgIpc) is 3.29. The summed E-state index contributed by atoms with van der Waals surface area (Å²) in [5.41, 5.74) is 1.90. The Morgan fingerprint density at radius 1 is 1.29 bits per heavy atom. The Bertz CT molecular complexity index is 1010. The molecule has 0 unspecified atom stereocenters. The van der Waals surface area contributed by atoms with Gasteiger partial charge >= 0.3 is 5.92 Å². The molecule has 1 fully saturated rings. The minimum absolute atomic E-state index is 0.0724. The van der Waals surface area contributed by atoms with E-state index in [0.717, 1.165) is 54.3 Å². The smallest absolute Gasteiger partial charge is 0.342 e. The molecule has 0 atom stereocenters. The van der Waals surface area contributed by atoms with E-state index in [0.29, 0.717) is 18.1 Å². The van der Waals surface area contributed by atoms with Crippen LogP contribution in [0.1, 0.15) is 25.7 Å². The highest BCUT2D eigenvalue weighted by molar-refractivity contribution is 6.02. The molecule has 1 aromatic carbocycles. The maximum atomic E-state index is 14.7. The van der Waals surface area contributed by atoms with E-state index in [1.54, 1.807) is 4.90 Å². The molecular weight excluding hydrogens is 406 g/mol. The van der Waals surface area contributed by atoms with Gasteiger partial charge in [0, 0.05) is 25.3 Å². The predicted molar refractivity (Wildman–Crippen MR) is 114 cm³/mol. The monoisotopic (exact) mass is 430 g/mol. The first-order valence-corrected chi connectivity index (χ1v) is 10.5. The first-order chi connectivity index (χ1) is 14.9. The Kier molecular flexibility index (Phi) is 4.79. The number of benzene rings is 1. The molecule has 0 radical (unpaired) electrons. The van der Waals surface area contributed by atoms with Gasteiger partial charge in [0.2, 0.25) is 5.95 Å². The summed E-state index contributed by atoms with van der Waals surface area (Å²) >= 11 is 0. The van der Waals surface area contributed by atoms with Crippen molar-refractivity contribution in [1.82, 2.24) is 9.97 Å². The molecule has 10 heteroatoms. The van der Waals surface area contributed by atoms with Gasteiger partial charge in [-0.1, -0.05) is 12.8 Å². The molecule has 0 bridgehead atoms. The van der Waals surface area contributed by atoms with E-state index in [9.17, 15) is 13.6 Å². The molecule has 3 heterocycles. The number of aromatic nitrogens is 2. The molecule has 31 heavy (non-hydrogen) atoms. The fourth-order valence-corrected chi connectivity index (χ4v) is 4.45. The Morgan fingerprint density at radius 2 is 2.10 bits per heavy atom. The van der Waals surface area contributed by atoms with Gasteiger partial charge in [0.1, 0.15) is 18.0 Å². The van der Waals surface area contributed by atoms with Gasteiger partial charge in [-0.05, 0) is 31.0 Å². The molecule has 0 saturated heterocycles. The number of amides is 1. The summed E-state index contributed by atoms with van der Waals surface area (Å²) in [6.45, 7) is 0.655. The van der Waals surface area contributed by atoms with E-state index in [4.69, 9.17) is 4.74 Å². The van der Waals surface area contributed by atoms with Crippen LogP contribution in [0.5, 0.6) is 5.75 Å². The lowest BCUT2D eigenvalue weighted by atomic mass is 10.2. The number of nitrogens with one attached hydrogen (secondary N) is 2. The normalized spacial score (nSPS) is 20.4. The highest BCUT2D eigenvalue weighted by Crippen LogP contribution is 2.40. The number of nitrogens with zero attached hydrogens (tertiary/aromatic N) is 4. The Hall–Kier alpha value is -3.17. The molecule has 0 spiro atoms. The maximum Gasteiger partial charge on any atom is 0.342 e. The first kappa shape index (κ1) is 19.8. The number of ether oxygens (including phenoxy) is 1. The number of alkyl halides is 2. The molecule has 5 rings (SSSR count). The van der Waals surface area contributed by atoms with Gasteiger partial charge in [0.25, 0.3) is 5.91 Å². The highest BCUT2D eigenvalue weighted by atomic mass is 19.3. The fourth-order valence-electron chi connectivity index (χ4n) is 4.45. The van der Waals surface area contributed by atoms with Crippen LogP contribution in [-0.4, -0.2) is 54.6 Å². The second kappa shape index (κ2) is 7.51. The summed E-state index contributed by atoms with van der Waals surface area (Å²) in [6.07, 6.45) is 5.00. The van der Waals surface area contributed by atoms with Crippen LogP contribution in [0, 0.1) is 0 Å². The van der Waals surface area contributed by atoms with Gasteiger partial charge in [-0.15, -0.1) is 0 Å². The van der Waals surface area contributed by atoms with Crippen LogP contribution < -0.4 is 25.2 Å². The van der Waals surface area contributed by atoms with E-state index in [2.05, 4.69) is 20.6 Å².